The van der Waals surface area contributed by atoms with Gasteiger partial charge in [-0.3, -0.25) is 71.9 Å². The fraction of sp³-hybridized carbons (Fsp3) is 0.600. The quantitative estimate of drug-likeness (QED) is 0.0323. The van der Waals surface area contributed by atoms with E-state index in [0.29, 0.717) is 23.4 Å². The van der Waals surface area contributed by atoms with Crippen LogP contribution in [0.3, 0.4) is 0 Å². The number of carbonyl (C=O) groups excluding carboxylic acids is 13. The van der Waals surface area contributed by atoms with Crippen LogP contribution in [0.2, 0.25) is 0 Å². The molecule has 10 atom stereocenters. The van der Waals surface area contributed by atoms with Gasteiger partial charge in [-0.1, -0.05) is 77.8 Å². The number of amides is 12. The highest BCUT2D eigenvalue weighted by Crippen LogP contribution is 2.22. The van der Waals surface area contributed by atoms with Gasteiger partial charge < -0.3 is 79.0 Å². The Morgan fingerprint density at radius 1 is 0.641 bits per heavy atom. The second-order valence-electron chi connectivity index (χ2n) is 23.1. The molecular formula is C60H90N14O17S. The van der Waals surface area contributed by atoms with Crippen molar-refractivity contribution in [2.75, 3.05) is 25.1 Å². The van der Waals surface area contributed by atoms with Crippen molar-refractivity contribution < 1.29 is 82.1 Å². The number of aliphatic carboxylic acids is 2. The van der Waals surface area contributed by atoms with E-state index >= 15 is 0 Å². The minimum absolute atomic E-state index is 0.0110. The molecule has 32 heteroatoms. The Balaban J connectivity index is 1.75. The number of carboxylic acids is 2. The molecule has 15 N–H and O–H groups in total. The Kier molecular flexibility index (Phi) is 32.5. The van der Waals surface area contributed by atoms with Crippen molar-refractivity contribution in [2.24, 2.45) is 17.6 Å². The van der Waals surface area contributed by atoms with Crippen molar-refractivity contribution in [1.82, 2.24) is 68.0 Å². The number of benzene rings is 1. The summed E-state index contributed by atoms with van der Waals surface area (Å²) in [6.45, 7) is 11.9. The highest BCUT2D eigenvalue weighted by Gasteiger charge is 2.42. The molecule has 0 unspecified atom stereocenters. The third-order valence-electron chi connectivity index (χ3n) is 14.9. The second kappa shape index (κ2) is 38.7. The van der Waals surface area contributed by atoms with Crippen LogP contribution in [-0.4, -0.2) is 199 Å². The molecule has 1 aromatic carbocycles. The van der Waals surface area contributed by atoms with Gasteiger partial charge in [0.05, 0.1) is 18.9 Å². The lowest BCUT2D eigenvalue weighted by Gasteiger charge is -2.33. The van der Waals surface area contributed by atoms with Crippen molar-refractivity contribution in [3.63, 3.8) is 0 Å². The number of carboxylic acid groups (broad SMARTS) is 2. The number of aromatic nitrogens is 2. The molecule has 31 nitrogen and oxygen atoms in total. The molecule has 1 aromatic heterocycles. The fourth-order valence-corrected chi connectivity index (χ4v) is 10.3. The summed E-state index contributed by atoms with van der Waals surface area (Å²) in [5.41, 5.74) is 7.54. The lowest BCUT2D eigenvalue weighted by Crippen LogP contribution is -2.61. The number of ketones is 1. The predicted octanol–water partition coefficient (Wildman–Crippen LogP) is -1.95. The number of hydrogen-bond donors (Lipinski definition) is 14. The first-order valence-electron chi connectivity index (χ1n) is 30.5. The van der Waals surface area contributed by atoms with Gasteiger partial charge in [0.2, 0.25) is 70.8 Å². The number of imidazole rings is 1. The molecule has 0 aliphatic carbocycles. The van der Waals surface area contributed by atoms with Crippen LogP contribution < -0.4 is 58.9 Å². The van der Waals surface area contributed by atoms with Crippen LogP contribution in [0.1, 0.15) is 129 Å². The number of thioether (sulfide) groups is 1. The van der Waals surface area contributed by atoms with Gasteiger partial charge in [0, 0.05) is 51.0 Å². The molecule has 508 valence electrons. The Labute approximate surface area is 537 Å². The number of nitrogens with one attached hydrogen (secondary N) is 11. The molecule has 12 amide bonds. The summed E-state index contributed by atoms with van der Waals surface area (Å²) in [5, 5.41) is 43.7. The maximum atomic E-state index is 14.4. The number of aryl methyl sites for hydroxylation is 1. The van der Waals surface area contributed by atoms with Gasteiger partial charge in [-0.15, -0.1) is 0 Å². The molecule has 3 rings (SSSR count). The number of primary amides is 1. The summed E-state index contributed by atoms with van der Waals surface area (Å²) in [6, 6.07) is -6.09. The number of aromatic amines is 1. The lowest BCUT2D eigenvalue weighted by molar-refractivity contribution is -0.144. The molecule has 1 aliphatic rings. The van der Waals surface area contributed by atoms with Crippen molar-refractivity contribution in [3.8, 4) is 0 Å². The van der Waals surface area contributed by atoms with E-state index in [9.17, 15) is 82.1 Å². The normalized spacial score (nSPS) is 15.7. The number of hydrogen-bond acceptors (Lipinski definition) is 17. The van der Waals surface area contributed by atoms with E-state index in [-0.39, 0.29) is 57.9 Å². The van der Waals surface area contributed by atoms with E-state index in [1.165, 1.54) is 29.2 Å². The molecule has 2 heterocycles. The first-order valence-corrected chi connectivity index (χ1v) is 31.9. The molecule has 0 radical (unpaired) electrons. The van der Waals surface area contributed by atoms with Gasteiger partial charge in [0.25, 0.3) is 5.91 Å². The van der Waals surface area contributed by atoms with Crippen molar-refractivity contribution in [2.45, 2.75) is 193 Å². The van der Waals surface area contributed by atoms with Gasteiger partial charge >= 0.3 is 11.9 Å². The van der Waals surface area contributed by atoms with Crippen molar-refractivity contribution in [1.29, 1.82) is 0 Å². The molecule has 1 aliphatic heterocycles. The van der Waals surface area contributed by atoms with Crippen LogP contribution in [0, 0.1) is 18.8 Å². The van der Waals surface area contributed by atoms with Gasteiger partial charge in [-0.25, -0.2) is 4.98 Å². The Morgan fingerprint density at radius 2 is 1.16 bits per heavy atom. The maximum Gasteiger partial charge on any atom is 0.303 e. The van der Waals surface area contributed by atoms with E-state index in [1.54, 1.807) is 59.9 Å². The number of nitrogens with zero attached hydrogens (tertiary/aromatic N) is 2. The summed E-state index contributed by atoms with van der Waals surface area (Å²) in [4.78, 5) is 207. The number of carbonyl (C=O) groups is 15. The van der Waals surface area contributed by atoms with Gasteiger partial charge in [-0.2, -0.15) is 11.8 Å². The van der Waals surface area contributed by atoms with E-state index < -0.39 is 187 Å². The van der Waals surface area contributed by atoms with Crippen LogP contribution >= 0.6 is 11.8 Å². The fourth-order valence-electron chi connectivity index (χ4n) is 9.79. The summed E-state index contributed by atoms with van der Waals surface area (Å²) in [5.74, 6) is -15.0. The predicted molar refractivity (Wildman–Crippen MR) is 334 cm³/mol. The number of rotatable bonds is 40. The molecule has 1 saturated heterocycles. The second-order valence-corrected chi connectivity index (χ2v) is 24.1. The third-order valence-corrected chi connectivity index (χ3v) is 15.6. The number of likely N-dealkylation sites (tertiary alicyclic amines) is 1. The average molecular weight is 1310 g/mol. The van der Waals surface area contributed by atoms with Crippen LogP contribution in [0.4, 0.5) is 0 Å². The van der Waals surface area contributed by atoms with Gasteiger partial charge in [0.15, 0.2) is 0 Å². The minimum atomic E-state index is -1.59. The molecule has 92 heavy (non-hydrogen) atoms. The Bertz CT molecular complexity index is 2930. The average Bonchev–Trinajstić information content (AvgIpc) is 1.61. The summed E-state index contributed by atoms with van der Waals surface area (Å²) in [6.07, 6.45) is 3.25. The molecule has 1 fully saturated rings. The van der Waals surface area contributed by atoms with Gasteiger partial charge in [0.1, 0.15) is 54.4 Å². The van der Waals surface area contributed by atoms with E-state index in [0.717, 1.165) is 12.5 Å². The molecule has 2 aromatic rings. The summed E-state index contributed by atoms with van der Waals surface area (Å²) >= 11 is 1.34. The molecule has 0 spiro atoms. The topological polar surface area (TPSA) is 475 Å². The number of Topliss-reactive ketones (excluding diaryl/α,β-unsaturated/α-hetero) is 1. The van der Waals surface area contributed by atoms with Crippen molar-refractivity contribution >= 4 is 100 Å². The van der Waals surface area contributed by atoms with Crippen molar-refractivity contribution in [3.05, 3.63) is 53.6 Å². The van der Waals surface area contributed by atoms with Crippen LogP contribution in [0.15, 0.2) is 36.8 Å². The standard InChI is InChI=1S/C60H90N14O17S/c1-10-13-38(68-57(88)44-14-12-24-74(44)60(91)49(32(5)6)73-58(89)48(31(3)4)72-54(85)40(20-22-47(79)80)69-52(83)39(65-34(8)75)19-21-46(77)78)50(81)59(90)63-29-45(76)66-41(23-25-92-9)53(84)71-43(27-36-28-62-30-64-36)56(87)70-42(26-35-17-15-33(7)16-18-35)55(86)67-37(11-2)51(61)82/h15-18,28,30-32,37-44,48-49H,10-14,19-27,29H2,1-9H3,(H2,61,82)(H,62,64)(H,63,90)(H,65,75)(H,66,76)(H,67,86)(H,68,88)(H,69,83)(H,70,87)(H,71,84)(H,72,85)(H,73,89)(H,77,78)(H,79,80)/t37-,38-,39-,40-,41+,42-,43-,44-,48-,49-/m0/s1. The monoisotopic (exact) mass is 1310 g/mol. The highest BCUT2D eigenvalue weighted by atomic mass is 32.2. The smallest absolute Gasteiger partial charge is 0.303 e. The van der Waals surface area contributed by atoms with Crippen LogP contribution in [0.25, 0.3) is 0 Å². The van der Waals surface area contributed by atoms with E-state index in [4.69, 9.17) is 5.73 Å². The van der Waals surface area contributed by atoms with Crippen LogP contribution in [0.5, 0.6) is 0 Å². The lowest BCUT2D eigenvalue weighted by atomic mass is 9.98. The largest absolute Gasteiger partial charge is 0.481 e. The zero-order chi connectivity index (χ0) is 68.9. The van der Waals surface area contributed by atoms with Gasteiger partial charge in [-0.05, 0) is 81.3 Å². The minimum Gasteiger partial charge on any atom is -0.481 e. The third kappa shape index (κ3) is 25.7. The zero-order valence-electron chi connectivity index (χ0n) is 53.4. The molecule has 0 saturated carbocycles. The Hall–Kier alpha value is -8.97. The Morgan fingerprint density at radius 3 is 1.67 bits per heavy atom. The number of H-pyrrole nitrogens is 1. The van der Waals surface area contributed by atoms with E-state index in [2.05, 4.69) is 63.1 Å². The highest BCUT2D eigenvalue weighted by molar-refractivity contribution is 7.98. The summed E-state index contributed by atoms with van der Waals surface area (Å²) in [7, 11) is 0. The molecule has 0 bridgehead atoms. The first-order chi connectivity index (χ1) is 43.4. The number of nitrogens with two attached hydrogens (primary N) is 1. The first kappa shape index (κ1) is 77.3. The zero-order valence-corrected chi connectivity index (χ0v) is 54.2. The maximum absolute atomic E-state index is 14.4. The molecular weight excluding hydrogens is 1220 g/mol. The van der Waals surface area contributed by atoms with E-state index in [1.807, 2.05) is 19.1 Å². The SMILES string of the molecule is CCC[C@H](NC(=O)[C@@H]1CCCN1C(=O)[C@@H](NC(=O)[C@@H](NC(=O)[C@H](CCC(=O)O)NC(=O)[C@H](CCC(=O)O)NC(C)=O)C(C)C)C(C)C)C(=O)C(=O)NCC(=O)N[C@H](CCSC)C(=O)N[C@@H](Cc1cnc[nH]1)C(=O)N[C@@H](Cc1ccc(C)cc1)C(=O)N[C@@H](CC)C(N)=O. The summed E-state index contributed by atoms with van der Waals surface area (Å²) < 4.78 is 0. The van der Waals surface area contributed by atoms with Crippen LogP contribution in [-0.2, 0) is 84.8 Å².